The van der Waals surface area contributed by atoms with E-state index < -0.39 is 18.0 Å². The van der Waals surface area contributed by atoms with Gasteiger partial charge < -0.3 is 19.9 Å². The van der Waals surface area contributed by atoms with Gasteiger partial charge in [-0.2, -0.15) is 0 Å². The van der Waals surface area contributed by atoms with Gasteiger partial charge >= 0.3 is 5.97 Å². The summed E-state index contributed by atoms with van der Waals surface area (Å²) < 4.78 is 1.78. The summed E-state index contributed by atoms with van der Waals surface area (Å²) in [6.07, 6.45) is 1.89. The van der Waals surface area contributed by atoms with Gasteiger partial charge in [0.15, 0.2) is 5.43 Å². The van der Waals surface area contributed by atoms with E-state index in [9.17, 15) is 24.9 Å². The monoisotopic (exact) mass is 344 g/mol. The number of carbonyl (C=O) groups is 1. The Morgan fingerprint density at radius 2 is 2.04 bits per heavy atom. The maximum atomic E-state index is 12.2. The van der Waals surface area contributed by atoms with Gasteiger partial charge in [-0.15, -0.1) is 0 Å². The van der Waals surface area contributed by atoms with Crippen LogP contribution in [0, 0.1) is 5.41 Å². The lowest BCUT2D eigenvalue weighted by Gasteiger charge is -2.38. The number of aromatic carboxylic acids is 1. The van der Waals surface area contributed by atoms with Crippen LogP contribution in [0.15, 0.2) is 23.1 Å². The Bertz CT molecular complexity index is 924. The molecule has 0 spiro atoms. The Hall–Kier alpha value is -2.67. The van der Waals surface area contributed by atoms with Gasteiger partial charge in [0.25, 0.3) is 0 Å². The molecule has 25 heavy (non-hydrogen) atoms. The number of pyridine rings is 2. The third kappa shape index (κ3) is 2.80. The summed E-state index contributed by atoms with van der Waals surface area (Å²) in [5, 5.41) is 28.6. The van der Waals surface area contributed by atoms with Gasteiger partial charge in [0.2, 0.25) is 0 Å². The van der Waals surface area contributed by atoms with Crippen LogP contribution in [0.25, 0.3) is 11.4 Å². The number of rotatable bonds is 2. The van der Waals surface area contributed by atoms with E-state index in [0.717, 1.165) is 5.56 Å². The van der Waals surface area contributed by atoms with Gasteiger partial charge in [0, 0.05) is 18.3 Å². The van der Waals surface area contributed by atoms with Crippen molar-refractivity contribution in [1.82, 2.24) is 9.55 Å². The predicted octanol–water partition coefficient (Wildman–Crippen LogP) is 1.95. The first kappa shape index (κ1) is 17.2. The van der Waals surface area contributed by atoms with Crippen molar-refractivity contribution in [3.8, 4) is 17.1 Å². The summed E-state index contributed by atoms with van der Waals surface area (Å²) >= 11 is 0. The summed E-state index contributed by atoms with van der Waals surface area (Å²) in [5.41, 5.74) is 0.749. The zero-order valence-corrected chi connectivity index (χ0v) is 14.3. The second kappa shape index (κ2) is 5.70. The van der Waals surface area contributed by atoms with Crippen molar-refractivity contribution in [2.75, 3.05) is 0 Å². The first-order chi connectivity index (χ1) is 11.6. The van der Waals surface area contributed by atoms with E-state index in [1.54, 1.807) is 10.6 Å². The van der Waals surface area contributed by atoms with Crippen LogP contribution in [0.4, 0.5) is 0 Å². The average Bonchev–Trinajstić information content (AvgIpc) is 2.51. The van der Waals surface area contributed by atoms with Crippen LogP contribution in [0.3, 0.4) is 0 Å². The Morgan fingerprint density at radius 1 is 1.36 bits per heavy atom. The van der Waals surface area contributed by atoms with Gasteiger partial charge in [0.1, 0.15) is 17.0 Å². The molecular formula is C18H20N2O5. The molecule has 3 rings (SSSR count). The highest BCUT2D eigenvalue weighted by Crippen LogP contribution is 2.42. The van der Waals surface area contributed by atoms with Crippen LogP contribution in [-0.2, 0) is 13.0 Å². The quantitative estimate of drug-likeness (QED) is 0.767. The highest BCUT2D eigenvalue weighted by molar-refractivity contribution is 5.87. The smallest absolute Gasteiger partial charge is 0.341 e. The van der Waals surface area contributed by atoms with Crippen LogP contribution < -0.4 is 5.43 Å². The van der Waals surface area contributed by atoms with E-state index in [1.165, 1.54) is 12.3 Å². The number of nitrogens with zero attached hydrogens (tertiary/aromatic N) is 2. The highest BCUT2D eigenvalue weighted by atomic mass is 16.4. The molecule has 1 aliphatic rings. The van der Waals surface area contributed by atoms with Crippen molar-refractivity contribution < 1.29 is 20.1 Å². The van der Waals surface area contributed by atoms with Gasteiger partial charge in [0.05, 0.1) is 18.0 Å². The summed E-state index contributed by atoms with van der Waals surface area (Å²) in [4.78, 5) is 27.9. The molecule has 3 N–H and O–H groups in total. The molecule has 7 nitrogen and oxygen atoms in total. The fourth-order valence-electron chi connectivity index (χ4n) is 3.26. The van der Waals surface area contributed by atoms with Gasteiger partial charge in [-0.05, 0) is 23.5 Å². The molecule has 2 aromatic heterocycles. The lowest BCUT2D eigenvalue weighted by Crippen LogP contribution is -2.33. The van der Waals surface area contributed by atoms with Crippen molar-refractivity contribution in [1.29, 1.82) is 0 Å². The molecule has 0 aliphatic carbocycles. The lowest BCUT2D eigenvalue weighted by atomic mass is 9.79. The van der Waals surface area contributed by atoms with Crippen molar-refractivity contribution in [3.05, 3.63) is 45.4 Å². The summed E-state index contributed by atoms with van der Waals surface area (Å²) in [6, 6.07) is 2.71. The molecular weight excluding hydrogens is 324 g/mol. The Kier molecular flexibility index (Phi) is 3.91. The van der Waals surface area contributed by atoms with Crippen LogP contribution in [0.5, 0.6) is 5.75 Å². The zero-order chi connectivity index (χ0) is 18.5. The van der Waals surface area contributed by atoms with Crippen LogP contribution in [0.1, 0.15) is 48.4 Å². The highest BCUT2D eigenvalue weighted by Gasteiger charge is 2.34. The van der Waals surface area contributed by atoms with E-state index in [1.807, 2.05) is 20.8 Å². The maximum Gasteiger partial charge on any atom is 0.341 e. The summed E-state index contributed by atoms with van der Waals surface area (Å²) in [6.45, 7) is 5.65. The molecule has 0 saturated heterocycles. The molecule has 0 bridgehead atoms. The van der Waals surface area contributed by atoms with E-state index in [0.29, 0.717) is 17.8 Å². The molecule has 0 amide bonds. The number of aromatic hydroxyl groups is 1. The minimum atomic E-state index is -1.27. The SMILES string of the molecule is CC(C)(C)C1Cc2cc(O)c(CO)nc2-c2cc(=O)c(C(=O)O)cn21. The van der Waals surface area contributed by atoms with Crippen molar-refractivity contribution >= 4 is 5.97 Å². The molecule has 7 heteroatoms. The van der Waals surface area contributed by atoms with Crippen LogP contribution in [0.2, 0.25) is 0 Å². The molecule has 1 unspecified atom stereocenters. The summed E-state index contributed by atoms with van der Waals surface area (Å²) in [5.74, 6) is -1.36. The second-order valence-electron chi connectivity index (χ2n) is 7.36. The minimum absolute atomic E-state index is 0.0909. The molecule has 1 aliphatic heterocycles. The molecule has 2 aromatic rings. The standard InChI is InChI=1S/C18H20N2O5/c1-18(2,3)15-5-9-4-14(23)11(8-21)19-16(9)12-6-13(22)10(17(24)25)7-20(12)15/h4,6-7,15,21,23H,5,8H2,1-3H3,(H,24,25). The van der Waals surface area contributed by atoms with Gasteiger partial charge in [-0.3, -0.25) is 4.79 Å². The van der Waals surface area contributed by atoms with Gasteiger partial charge in [-0.1, -0.05) is 20.8 Å². The fraction of sp³-hybridized carbons (Fsp3) is 0.389. The Morgan fingerprint density at radius 3 is 2.60 bits per heavy atom. The third-order valence-corrected chi connectivity index (χ3v) is 4.61. The number of fused-ring (bicyclic) bond motifs is 3. The van der Waals surface area contributed by atoms with Crippen molar-refractivity contribution in [2.45, 2.75) is 39.8 Å². The molecule has 0 fully saturated rings. The molecule has 0 aromatic carbocycles. The van der Waals surface area contributed by atoms with E-state index in [2.05, 4.69) is 4.98 Å². The van der Waals surface area contributed by atoms with Crippen LogP contribution >= 0.6 is 0 Å². The topological polar surface area (TPSA) is 113 Å². The predicted molar refractivity (Wildman–Crippen MR) is 90.7 cm³/mol. The molecule has 3 heterocycles. The minimum Gasteiger partial charge on any atom is -0.506 e. The molecule has 1 atom stereocenters. The second-order valence-corrected chi connectivity index (χ2v) is 7.36. The fourth-order valence-corrected chi connectivity index (χ4v) is 3.26. The summed E-state index contributed by atoms with van der Waals surface area (Å²) in [7, 11) is 0. The van der Waals surface area contributed by atoms with Gasteiger partial charge in [-0.25, -0.2) is 9.78 Å². The number of carboxylic acids is 1. The Labute approximate surface area is 144 Å². The first-order valence-electron chi connectivity index (χ1n) is 7.96. The molecule has 132 valence electrons. The van der Waals surface area contributed by atoms with Crippen LogP contribution in [-0.4, -0.2) is 30.8 Å². The Balaban J connectivity index is 2.35. The number of hydrogen-bond donors (Lipinski definition) is 3. The van der Waals surface area contributed by atoms with E-state index >= 15 is 0 Å². The average molecular weight is 344 g/mol. The number of aliphatic hydroxyl groups is 1. The van der Waals surface area contributed by atoms with E-state index in [4.69, 9.17) is 0 Å². The number of aromatic nitrogens is 2. The molecule has 0 radical (unpaired) electrons. The lowest BCUT2D eigenvalue weighted by molar-refractivity contribution is 0.0693. The maximum absolute atomic E-state index is 12.2. The van der Waals surface area contributed by atoms with Crippen molar-refractivity contribution in [3.63, 3.8) is 0 Å². The molecule has 0 saturated carbocycles. The number of aliphatic hydroxyl groups excluding tert-OH is 1. The largest absolute Gasteiger partial charge is 0.506 e. The number of hydrogen-bond acceptors (Lipinski definition) is 5. The third-order valence-electron chi connectivity index (χ3n) is 4.61. The zero-order valence-electron chi connectivity index (χ0n) is 14.3. The van der Waals surface area contributed by atoms with E-state index in [-0.39, 0.29) is 28.5 Å². The number of carboxylic acid groups (broad SMARTS) is 1. The normalized spacial score (nSPS) is 16.2. The van der Waals surface area contributed by atoms with Crippen molar-refractivity contribution in [2.24, 2.45) is 5.41 Å². The first-order valence-corrected chi connectivity index (χ1v) is 7.96.